The highest BCUT2D eigenvalue weighted by Gasteiger charge is 2.34. The van der Waals surface area contributed by atoms with Crippen molar-refractivity contribution in [3.05, 3.63) is 139 Å². The van der Waals surface area contributed by atoms with Gasteiger partial charge in [-0.2, -0.15) is 0 Å². The summed E-state index contributed by atoms with van der Waals surface area (Å²) in [6, 6.07) is 22.3. The minimum absolute atomic E-state index is 0.133. The van der Waals surface area contributed by atoms with Crippen molar-refractivity contribution in [2.45, 2.75) is 46.8 Å². The van der Waals surface area contributed by atoms with Gasteiger partial charge in [0, 0.05) is 5.56 Å². The van der Waals surface area contributed by atoms with Crippen molar-refractivity contribution >= 4 is 40.1 Å². The van der Waals surface area contributed by atoms with Gasteiger partial charge >= 0.3 is 11.9 Å². The van der Waals surface area contributed by atoms with Crippen LogP contribution in [0.1, 0.15) is 56.0 Å². The summed E-state index contributed by atoms with van der Waals surface area (Å²) < 4.78 is 36.3. The smallest absolute Gasteiger partial charge is 0.343 e. The number of benzene rings is 4. The van der Waals surface area contributed by atoms with Crippen LogP contribution in [0, 0.1) is 0 Å². The lowest BCUT2D eigenvalue weighted by Gasteiger charge is -2.25. The first kappa shape index (κ1) is 39.6. The Morgan fingerprint density at radius 1 is 0.875 bits per heavy atom. The number of esters is 2. The zero-order chi connectivity index (χ0) is 39.8. The fourth-order valence-corrected chi connectivity index (χ4v) is 7.65. The zero-order valence-electron chi connectivity index (χ0n) is 32.1. The SMILES string of the molecule is C=CCc1cc(/C=c2\sc3n(c2=O)[C@@H](c2ccc(OCC(=O)OC)c(OCC)c2)C(C(=O)OCC)=C(C)N=3)cc(OCC)c1OCc1cccc2ccccc12. The predicted molar refractivity (Wildman–Crippen MR) is 215 cm³/mol. The summed E-state index contributed by atoms with van der Waals surface area (Å²) in [5.41, 5.74) is 3.46. The summed E-state index contributed by atoms with van der Waals surface area (Å²) in [7, 11) is 1.27. The van der Waals surface area contributed by atoms with Crippen LogP contribution in [0.4, 0.5) is 0 Å². The Morgan fingerprint density at radius 3 is 2.39 bits per heavy atom. The highest BCUT2D eigenvalue weighted by molar-refractivity contribution is 7.07. The first-order valence-electron chi connectivity index (χ1n) is 18.4. The molecular formula is C44H44N2O9S. The summed E-state index contributed by atoms with van der Waals surface area (Å²) in [5, 5.41) is 2.24. The van der Waals surface area contributed by atoms with E-state index in [-0.39, 0.29) is 24.3 Å². The lowest BCUT2D eigenvalue weighted by Crippen LogP contribution is -2.40. The molecule has 290 valence electrons. The summed E-state index contributed by atoms with van der Waals surface area (Å²) in [5.74, 6) is 0.637. The molecule has 2 heterocycles. The summed E-state index contributed by atoms with van der Waals surface area (Å²) in [6.45, 7) is 12.0. The van der Waals surface area contributed by atoms with Gasteiger partial charge in [-0.1, -0.05) is 65.9 Å². The number of hydrogen-bond donors (Lipinski definition) is 0. The Hall–Kier alpha value is -6.14. The predicted octanol–water partition coefficient (Wildman–Crippen LogP) is 6.61. The third kappa shape index (κ3) is 8.40. The maximum atomic E-state index is 14.5. The Labute approximate surface area is 328 Å². The molecule has 1 aliphatic heterocycles. The first-order valence-corrected chi connectivity index (χ1v) is 19.2. The van der Waals surface area contributed by atoms with Gasteiger partial charge < -0.3 is 28.4 Å². The molecule has 0 spiro atoms. The fourth-order valence-electron chi connectivity index (χ4n) is 6.61. The normalized spacial score (nSPS) is 13.8. The van der Waals surface area contributed by atoms with E-state index in [4.69, 9.17) is 33.4 Å². The number of carbonyl (C=O) groups is 2. The fraction of sp³-hybridized carbons (Fsp3) is 0.273. The van der Waals surface area contributed by atoms with Crippen LogP contribution in [-0.4, -0.2) is 50.0 Å². The van der Waals surface area contributed by atoms with E-state index < -0.39 is 18.0 Å². The number of methoxy groups -OCH3 is 1. The zero-order valence-corrected chi connectivity index (χ0v) is 32.9. The second-order valence-electron chi connectivity index (χ2n) is 12.7. The molecule has 0 saturated carbocycles. The summed E-state index contributed by atoms with van der Waals surface area (Å²) in [6.07, 6.45) is 4.09. The van der Waals surface area contributed by atoms with Gasteiger partial charge in [-0.05, 0) is 91.9 Å². The van der Waals surface area contributed by atoms with Gasteiger partial charge in [0.25, 0.3) is 5.56 Å². The van der Waals surface area contributed by atoms with Crippen LogP contribution in [0.3, 0.4) is 0 Å². The van der Waals surface area contributed by atoms with Crippen LogP contribution < -0.4 is 33.8 Å². The molecule has 5 aromatic rings. The maximum absolute atomic E-state index is 14.5. The standard InChI is InChI=1S/C44H44N2O9S/c1-7-14-31-21-28(22-36(52-9-3)41(31)55-25-32-17-13-16-29-15-11-12-18-33(29)32)23-37-42(48)46-40(39(43(49)53-10-4)27(5)45-44(46)56-37)30-19-20-34(35(24-30)51-8-2)54-26-38(47)50-6/h7,11-13,15-24,40H,1,8-10,14,25-26H2,2-6H3/b37-23-/t40-/m0/s1. The van der Waals surface area contributed by atoms with Crippen molar-refractivity contribution in [3.8, 4) is 23.0 Å². The quantitative estimate of drug-likeness (QED) is 0.0805. The second-order valence-corrected chi connectivity index (χ2v) is 13.7. The van der Waals surface area contributed by atoms with Crippen LogP contribution in [0.25, 0.3) is 16.8 Å². The molecule has 4 aromatic carbocycles. The molecule has 12 heteroatoms. The average molecular weight is 777 g/mol. The summed E-state index contributed by atoms with van der Waals surface area (Å²) in [4.78, 5) is 45.0. The minimum atomic E-state index is -0.901. The van der Waals surface area contributed by atoms with Crippen molar-refractivity contribution in [2.24, 2.45) is 4.99 Å². The van der Waals surface area contributed by atoms with Crippen molar-refractivity contribution in [3.63, 3.8) is 0 Å². The third-order valence-corrected chi connectivity index (χ3v) is 10.0. The summed E-state index contributed by atoms with van der Waals surface area (Å²) >= 11 is 1.21. The van der Waals surface area contributed by atoms with Crippen LogP contribution in [0.2, 0.25) is 0 Å². The van der Waals surface area contributed by atoms with Crippen molar-refractivity contribution < 1.29 is 38.0 Å². The third-order valence-electron chi connectivity index (χ3n) is 9.04. The molecule has 6 rings (SSSR count). The van der Waals surface area contributed by atoms with Gasteiger partial charge in [-0.25, -0.2) is 14.6 Å². The van der Waals surface area contributed by atoms with Crippen LogP contribution >= 0.6 is 11.3 Å². The highest BCUT2D eigenvalue weighted by Crippen LogP contribution is 2.38. The van der Waals surface area contributed by atoms with Gasteiger partial charge in [0.15, 0.2) is 34.4 Å². The number of rotatable bonds is 16. The number of allylic oxidation sites excluding steroid dienone is 2. The van der Waals surface area contributed by atoms with Gasteiger partial charge in [-0.3, -0.25) is 9.36 Å². The average Bonchev–Trinajstić information content (AvgIpc) is 3.49. The molecule has 56 heavy (non-hydrogen) atoms. The number of nitrogens with zero attached hydrogens (tertiary/aromatic N) is 2. The van der Waals surface area contributed by atoms with E-state index in [9.17, 15) is 14.4 Å². The molecule has 1 aliphatic rings. The Morgan fingerprint density at radius 2 is 1.64 bits per heavy atom. The van der Waals surface area contributed by atoms with Gasteiger partial charge in [0.05, 0.1) is 48.8 Å². The second kappa shape index (κ2) is 18.0. The number of carbonyl (C=O) groups excluding carboxylic acids is 2. The highest BCUT2D eigenvalue weighted by atomic mass is 32.1. The van der Waals surface area contributed by atoms with E-state index in [1.807, 2.05) is 44.2 Å². The number of fused-ring (bicyclic) bond motifs is 2. The molecule has 0 aliphatic carbocycles. The Bertz CT molecular complexity index is 2490. The van der Waals surface area contributed by atoms with Gasteiger partial charge in [0.2, 0.25) is 0 Å². The Balaban J connectivity index is 1.44. The van der Waals surface area contributed by atoms with Crippen LogP contribution in [0.5, 0.6) is 23.0 Å². The van der Waals surface area contributed by atoms with Crippen molar-refractivity contribution in [1.82, 2.24) is 4.57 Å². The molecule has 0 radical (unpaired) electrons. The lowest BCUT2D eigenvalue weighted by molar-refractivity contribution is -0.143. The minimum Gasteiger partial charge on any atom is -0.490 e. The van der Waals surface area contributed by atoms with E-state index in [2.05, 4.69) is 30.8 Å². The van der Waals surface area contributed by atoms with Crippen molar-refractivity contribution in [2.75, 3.05) is 33.5 Å². The van der Waals surface area contributed by atoms with Crippen LogP contribution in [0.15, 0.2) is 107 Å². The number of hydrogen-bond acceptors (Lipinski definition) is 11. The van der Waals surface area contributed by atoms with Crippen LogP contribution in [-0.2, 0) is 32.1 Å². The molecule has 11 nitrogen and oxygen atoms in total. The number of thiazole rings is 1. The van der Waals surface area contributed by atoms with Gasteiger partial charge in [0.1, 0.15) is 6.61 Å². The molecular weight excluding hydrogens is 733 g/mol. The molecule has 0 bridgehead atoms. The van der Waals surface area contributed by atoms with Gasteiger partial charge in [-0.15, -0.1) is 6.58 Å². The molecule has 1 atom stereocenters. The first-order chi connectivity index (χ1) is 27.2. The molecule has 1 aromatic heterocycles. The monoisotopic (exact) mass is 776 g/mol. The molecule has 0 fully saturated rings. The van der Waals surface area contributed by atoms with E-state index in [1.54, 1.807) is 44.2 Å². The van der Waals surface area contributed by atoms with E-state index in [0.29, 0.717) is 69.8 Å². The van der Waals surface area contributed by atoms with Crippen molar-refractivity contribution in [1.29, 1.82) is 0 Å². The largest absolute Gasteiger partial charge is 0.490 e. The number of ether oxygens (including phenoxy) is 6. The topological polar surface area (TPSA) is 124 Å². The molecule has 0 unspecified atom stereocenters. The van der Waals surface area contributed by atoms with E-state index >= 15 is 0 Å². The number of aromatic nitrogens is 1. The maximum Gasteiger partial charge on any atom is 0.343 e. The lowest BCUT2D eigenvalue weighted by atomic mass is 9.95. The Kier molecular flexibility index (Phi) is 12.7. The van der Waals surface area contributed by atoms with E-state index in [1.165, 1.54) is 23.0 Å². The molecule has 0 saturated heterocycles. The molecule has 0 amide bonds. The van der Waals surface area contributed by atoms with E-state index in [0.717, 1.165) is 27.5 Å². The molecule has 0 N–H and O–H groups in total.